The van der Waals surface area contributed by atoms with Crippen LogP contribution < -0.4 is 14.4 Å². The van der Waals surface area contributed by atoms with Crippen LogP contribution in [0.1, 0.15) is 32.6 Å². The first-order valence-corrected chi connectivity index (χ1v) is 10.2. The summed E-state index contributed by atoms with van der Waals surface area (Å²) in [6, 6.07) is 7.66. The molecule has 162 valence electrons. The van der Waals surface area contributed by atoms with Crippen LogP contribution in [0.25, 0.3) is 11.3 Å². The van der Waals surface area contributed by atoms with Crippen molar-refractivity contribution in [1.82, 2.24) is 5.16 Å². The maximum Gasteiger partial charge on any atom is 0.172 e. The van der Waals surface area contributed by atoms with Gasteiger partial charge in [0, 0.05) is 39.4 Å². The van der Waals surface area contributed by atoms with Gasteiger partial charge < -0.3 is 28.4 Å². The molecular weight excluding hydrogens is 372 g/mol. The second-order valence-corrected chi connectivity index (χ2v) is 6.79. The van der Waals surface area contributed by atoms with Gasteiger partial charge in [0.1, 0.15) is 11.5 Å². The number of rotatable bonds is 15. The highest BCUT2D eigenvalue weighted by molar-refractivity contribution is 5.69. The molecule has 0 saturated heterocycles. The molecular formula is C22H34N2O5. The minimum Gasteiger partial charge on any atom is -0.497 e. The summed E-state index contributed by atoms with van der Waals surface area (Å²) in [4.78, 5) is 2.08. The van der Waals surface area contributed by atoms with Gasteiger partial charge >= 0.3 is 0 Å². The Morgan fingerprint density at radius 2 is 1.69 bits per heavy atom. The van der Waals surface area contributed by atoms with Crippen LogP contribution in [-0.4, -0.2) is 59.4 Å². The van der Waals surface area contributed by atoms with Crippen LogP contribution in [0.3, 0.4) is 0 Å². The maximum absolute atomic E-state index is 6.06. The van der Waals surface area contributed by atoms with Gasteiger partial charge in [-0.3, -0.25) is 0 Å². The van der Waals surface area contributed by atoms with E-state index < -0.39 is 0 Å². The Morgan fingerprint density at radius 3 is 2.34 bits per heavy atom. The molecule has 2 aromatic rings. The van der Waals surface area contributed by atoms with Crippen LogP contribution in [0.15, 0.2) is 28.8 Å². The van der Waals surface area contributed by atoms with E-state index in [0.29, 0.717) is 38.7 Å². The Balaban J connectivity index is 2.17. The lowest BCUT2D eigenvalue weighted by molar-refractivity contribution is 0.189. The minimum atomic E-state index is 0.598. The van der Waals surface area contributed by atoms with Gasteiger partial charge in [0.2, 0.25) is 0 Å². The third-order valence-electron chi connectivity index (χ3n) is 4.66. The number of ether oxygens (including phenoxy) is 4. The molecule has 0 radical (unpaired) electrons. The molecule has 1 aromatic carbocycles. The number of unbranched alkanes of at least 4 members (excludes halogenated alkanes) is 3. The zero-order valence-electron chi connectivity index (χ0n) is 18.1. The summed E-state index contributed by atoms with van der Waals surface area (Å²) >= 11 is 0. The van der Waals surface area contributed by atoms with E-state index in [2.05, 4.69) is 17.0 Å². The minimum absolute atomic E-state index is 0.598. The fourth-order valence-corrected chi connectivity index (χ4v) is 2.95. The maximum atomic E-state index is 6.06. The monoisotopic (exact) mass is 406 g/mol. The van der Waals surface area contributed by atoms with Gasteiger partial charge in [-0.2, -0.15) is 0 Å². The van der Waals surface area contributed by atoms with Crippen molar-refractivity contribution in [2.75, 3.05) is 59.1 Å². The molecule has 0 N–H and O–H groups in total. The number of nitrogens with zero attached hydrogens (tertiary/aromatic N) is 2. The summed E-state index contributed by atoms with van der Waals surface area (Å²) in [6.45, 7) is 5.46. The van der Waals surface area contributed by atoms with Crippen LogP contribution in [0.5, 0.6) is 11.5 Å². The summed E-state index contributed by atoms with van der Waals surface area (Å²) < 4.78 is 27.5. The molecule has 1 aromatic heterocycles. The first-order chi connectivity index (χ1) is 14.2. The molecule has 0 atom stereocenters. The lowest BCUT2D eigenvalue weighted by Crippen LogP contribution is -2.30. The fraction of sp³-hybridized carbons (Fsp3) is 0.591. The van der Waals surface area contributed by atoms with E-state index in [1.165, 1.54) is 12.8 Å². The summed E-state index contributed by atoms with van der Waals surface area (Å²) in [5, 5.41) is 4.26. The third-order valence-corrected chi connectivity index (χ3v) is 4.66. The average Bonchev–Trinajstić information content (AvgIpc) is 3.23. The molecule has 7 heteroatoms. The standard InChI is InChI=1S/C22H34N2O5/c1-5-6-7-8-13-28-20-16-18(27-4)9-10-19(20)21-17-22(23-29-21)24(11-14-25-2)12-15-26-3/h9-10,16-17H,5-8,11-15H2,1-4H3. The second-order valence-electron chi connectivity index (χ2n) is 6.79. The van der Waals surface area contributed by atoms with Crippen LogP contribution in [0.2, 0.25) is 0 Å². The topological polar surface area (TPSA) is 66.2 Å². The van der Waals surface area contributed by atoms with E-state index in [-0.39, 0.29) is 0 Å². The lowest BCUT2D eigenvalue weighted by atomic mass is 10.1. The number of benzene rings is 1. The molecule has 0 bridgehead atoms. The number of hydrogen-bond donors (Lipinski definition) is 0. The van der Waals surface area contributed by atoms with E-state index in [1.807, 2.05) is 24.3 Å². The van der Waals surface area contributed by atoms with Crippen molar-refractivity contribution in [3.63, 3.8) is 0 Å². The van der Waals surface area contributed by atoms with Crippen molar-refractivity contribution >= 4 is 5.82 Å². The Bertz CT molecular complexity index is 696. The molecule has 7 nitrogen and oxygen atoms in total. The van der Waals surface area contributed by atoms with Crippen LogP contribution >= 0.6 is 0 Å². The van der Waals surface area contributed by atoms with E-state index >= 15 is 0 Å². The average molecular weight is 407 g/mol. The predicted octanol–water partition coefficient (Wildman–Crippen LogP) is 4.41. The fourth-order valence-electron chi connectivity index (χ4n) is 2.95. The van der Waals surface area contributed by atoms with Gasteiger partial charge in [-0.25, -0.2) is 0 Å². The van der Waals surface area contributed by atoms with E-state index in [1.54, 1.807) is 21.3 Å². The molecule has 0 amide bonds. The molecule has 1 heterocycles. The highest BCUT2D eigenvalue weighted by Gasteiger charge is 2.17. The van der Waals surface area contributed by atoms with Gasteiger partial charge in [0.15, 0.2) is 11.6 Å². The molecule has 0 saturated carbocycles. The normalized spacial score (nSPS) is 10.9. The van der Waals surface area contributed by atoms with E-state index in [4.69, 9.17) is 23.5 Å². The molecule has 2 rings (SSSR count). The first-order valence-electron chi connectivity index (χ1n) is 10.2. The summed E-state index contributed by atoms with van der Waals surface area (Å²) in [6.07, 6.45) is 4.61. The molecule has 0 fully saturated rings. The van der Waals surface area contributed by atoms with E-state index in [9.17, 15) is 0 Å². The Hall–Kier alpha value is -2.25. The van der Waals surface area contributed by atoms with Gasteiger partial charge in [-0.15, -0.1) is 0 Å². The summed E-state index contributed by atoms with van der Waals surface area (Å²) in [5.41, 5.74) is 0.860. The quantitative estimate of drug-likeness (QED) is 0.406. The predicted molar refractivity (Wildman–Crippen MR) is 114 cm³/mol. The van der Waals surface area contributed by atoms with Crippen molar-refractivity contribution < 1.29 is 23.5 Å². The molecule has 29 heavy (non-hydrogen) atoms. The van der Waals surface area contributed by atoms with Crippen LogP contribution in [-0.2, 0) is 9.47 Å². The Morgan fingerprint density at radius 1 is 0.931 bits per heavy atom. The number of aromatic nitrogens is 1. The highest BCUT2D eigenvalue weighted by Crippen LogP contribution is 2.35. The number of methoxy groups -OCH3 is 3. The zero-order chi connectivity index (χ0) is 20.9. The first kappa shape index (κ1) is 23.0. The van der Waals surface area contributed by atoms with Crippen molar-refractivity contribution in [3.8, 4) is 22.8 Å². The van der Waals surface area contributed by atoms with Crippen molar-refractivity contribution in [1.29, 1.82) is 0 Å². The molecule has 0 unspecified atom stereocenters. The van der Waals surface area contributed by atoms with Crippen LogP contribution in [0.4, 0.5) is 5.82 Å². The van der Waals surface area contributed by atoms with Crippen LogP contribution in [0, 0.1) is 0 Å². The smallest absolute Gasteiger partial charge is 0.172 e. The second kappa shape index (κ2) is 13.1. The van der Waals surface area contributed by atoms with Gasteiger partial charge in [0.25, 0.3) is 0 Å². The lowest BCUT2D eigenvalue weighted by Gasteiger charge is -2.20. The van der Waals surface area contributed by atoms with Crippen molar-refractivity contribution in [2.45, 2.75) is 32.6 Å². The molecule has 0 aliphatic heterocycles. The van der Waals surface area contributed by atoms with Gasteiger partial charge in [0.05, 0.1) is 32.5 Å². The zero-order valence-corrected chi connectivity index (χ0v) is 18.1. The van der Waals surface area contributed by atoms with Gasteiger partial charge in [-0.05, 0) is 18.6 Å². The molecule has 0 aliphatic carbocycles. The van der Waals surface area contributed by atoms with Crippen molar-refractivity contribution in [2.24, 2.45) is 0 Å². The number of anilines is 1. The SMILES string of the molecule is CCCCCCOc1cc(OC)ccc1-c1cc(N(CCOC)CCOC)no1. The van der Waals surface area contributed by atoms with Gasteiger partial charge in [-0.1, -0.05) is 31.3 Å². The third kappa shape index (κ3) is 7.25. The van der Waals surface area contributed by atoms with E-state index in [0.717, 1.165) is 35.7 Å². The molecule has 0 spiro atoms. The van der Waals surface area contributed by atoms with Crippen molar-refractivity contribution in [3.05, 3.63) is 24.3 Å². The Labute approximate surface area is 173 Å². The summed E-state index contributed by atoms with van der Waals surface area (Å²) in [5.74, 6) is 2.90. The molecule has 0 aliphatic rings. The highest BCUT2D eigenvalue weighted by atomic mass is 16.5. The number of hydrogen-bond acceptors (Lipinski definition) is 7. The Kier molecular flexibility index (Phi) is 10.4. The largest absolute Gasteiger partial charge is 0.497 e. The summed E-state index contributed by atoms with van der Waals surface area (Å²) in [7, 11) is 5.02.